The quantitative estimate of drug-likeness (QED) is 0.797. The number of hydrogen-bond acceptors (Lipinski definition) is 6. The number of aromatic nitrogens is 1. The molecule has 1 saturated heterocycles. The van der Waals surface area contributed by atoms with Crippen LogP contribution in [0.3, 0.4) is 0 Å². The van der Waals surface area contributed by atoms with Gasteiger partial charge in [-0.2, -0.15) is 0 Å². The Morgan fingerprint density at radius 3 is 2.68 bits per heavy atom. The number of nitrogens with one attached hydrogen (secondary N) is 2. The van der Waals surface area contributed by atoms with E-state index in [-0.39, 0.29) is 30.7 Å². The normalized spacial score (nSPS) is 14.5. The first-order valence-corrected chi connectivity index (χ1v) is 8.70. The van der Waals surface area contributed by atoms with E-state index in [4.69, 9.17) is 4.42 Å². The van der Waals surface area contributed by atoms with Crippen molar-refractivity contribution in [1.29, 1.82) is 0 Å². The van der Waals surface area contributed by atoms with Crippen LogP contribution in [0.15, 0.2) is 16.5 Å². The van der Waals surface area contributed by atoms with E-state index in [0.29, 0.717) is 11.4 Å². The zero-order chi connectivity index (χ0) is 16.2. The Bertz CT molecular complexity index is 683. The van der Waals surface area contributed by atoms with Crippen LogP contribution in [0.4, 0.5) is 0 Å². The highest BCUT2D eigenvalue weighted by Crippen LogP contribution is 2.29. The zero-order valence-electron chi connectivity index (χ0n) is 14.3. The molecular formula is C16H24Cl2N4O2S. The number of aryl methyl sites for hydroxylation is 2. The van der Waals surface area contributed by atoms with Crippen LogP contribution in [0.5, 0.6) is 0 Å². The molecule has 3 heterocycles. The largest absolute Gasteiger partial charge is 0.459 e. The van der Waals surface area contributed by atoms with Gasteiger partial charge >= 0.3 is 0 Å². The molecule has 6 nitrogen and oxygen atoms in total. The van der Waals surface area contributed by atoms with Gasteiger partial charge in [0.25, 0.3) is 5.91 Å². The molecule has 0 atom stereocenters. The summed E-state index contributed by atoms with van der Waals surface area (Å²) in [5.74, 6) is 1.51. The summed E-state index contributed by atoms with van der Waals surface area (Å²) in [7, 11) is 0. The summed E-state index contributed by atoms with van der Waals surface area (Å²) < 4.78 is 5.58. The minimum atomic E-state index is -0.0512. The average molecular weight is 407 g/mol. The van der Waals surface area contributed by atoms with Gasteiger partial charge in [-0.05, 0) is 26.0 Å². The number of carbonyl (C=O) groups is 1. The molecule has 0 radical (unpaired) electrons. The second-order valence-corrected chi connectivity index (χ2v) is 6.69. The molecule has 1 aliphatic rings. The van der Waals surface area contributed by atoms with Crippen molar-refractivity contribution in [2.45, 2.75) is 13.8 Å². The molecule has 25 heavy (non-hydrogen) atoms. The molecule has 3 rings (SSSR count). The van der Waals surface area contributed by atoms with E-state index < -0.39 is 0 Å². The van der Waals surface area contributed by atoms with Crippen LogP contribution in [-0.2, 0) is 0 Å². The van der Waals surface area contributed by atoms with Crippen LogP contribution in [0, 0.1) is 13.8 Å². The van der Waals surface area contributed by atoms with Crippen LogP contribution in [0.1, 0.15) is 21.1 Å². The highest BCUT2D eigenvalue weighted by molar-refractivity contribution is 7.17. The SMILES string of the molecule is Cc1ccc(-c2nc(C)c(C(=O)NCCN3CCNCC3)s2)o1.Cl.Cl. The lowest BCUT2D eigenvalue weighted by atomic mass is 10.3. The number of amides is 1. The number of rotatable bonds is 5. The average Bonchev–Trinajstić information content (AvgIpc) is 3.14. The Hall–Kier alpha value is -1.12. The van der Waals surface area contributed by atoms with Gasteiger partial charge in [0.05, 0.1) is 5.69 Å². The van der Waals surface area contributed by atoms with E-state index in [1.54, 1.807) is 0 Å². The van der Waals surface area contributed by atoms with Gasteiger partial charge in [0.1, 0.15) is 10.6 Å². The van der Waals surface area contributed by atoms with Gasteiger partial charge in [0.15, 0.2) is 10.8 Å². The van der Waals surface area contributed by atoms with Crippen LogP contribution >= 0.6 is 36.2 Å². The van der Waals surface area contributed by atoms with Gasteiger partial charge in [-0.25, -0.2) is 4.98 Å². The Morgan fingerprint density at radius 2 is 2.04 bits per heavy atom. The van der Waals surface area contributed by atoms with Crippen molar-refractivity contribution in [2.24, 2.45) is 0 Å². The fourth-order valence-corrected chi connectivity index (χ4v) is 3.55. The predicted molar refractivity (Wildman–Crippen MR) is 105 cm³/mol. The van der Waals surface area contributed by atoms with Crippen molar-refractivity contribution >= 4 is 42.1 Å². The zero-order valence-corrected chi connectivity index (χ0v) is 16.8. The summed E-state index contributed by atoms with van der Waals surface area (Å²) in [6.45, 7) is 9.42. The van der Waals surface area contributed by atoms with Crippen LogP contribution in [-0.4, -0.2) is 55.1 Å². The Balaban J connectivity index is 0.00000156. The first-order valence-electron chi connectivity index (χ1n) is 7.89. The summed E-state index contributed by atoms with van der Waals surface area (Å²) >= 11 is 1.38. The van der Waals surface area contributed by atoms with Crippen molar-refractivity contribution in [1.82, 2.24) is 20.5 Å². The van der Waals surface area contributed by atoms with Gasteiger partial charge in [-0.1, -0.05) is 0 Å². The summed E-state index contributed by atoms with van der Waals surface area (Å²) in [5, 5.41) is 7.07. The lowest BCUT2D eigenvalue weighted by Gasteiger charge is -2.27. The van der Waals surface area contributed by atoms with Gasteiger partial charge in [0, 0.05) is 39.3 Å². The van der Waals surface area contributed by atoms with E-state index in [2.05, 4.69) is 20.5 Å². The summed E-state index contributed by atoms with van der Waals surface area (Å²) in [6.07, 6.45) is 0. The van der Waals surface area contributed by atoms with Crippen molar-refractivity contribution in [2.75, 3.05) is 39.3 Å². The molecule has 2 aromatic rings. The van der Waals surface area contributed by atoms with Crippen LogP contribution in [0.2, 0.25) is 0 Å². The van der Waals surface area contributed by atoms with E-state index >= 15 is 0 Å². The highest BCUT2D eigenvalue weighted by atomic mass is 35.5. The summed E-state index contributed by atoms with van der Waals surface area (Å²) in [6, 6.07) is 3.79. The number of halogens is 2. The number of hydrogen-bond donors (Lipinski definition) is 2. The Kier molecular flexibility index (Phi) is 8.88. The van der Waals surface area contributed by atoms with Crippen molar-refractivity contribution in [3.63, 3.8) is 0 Å². The fourth-order valence-electron chi connectivity index (χ4n) is 2.60. The maximum Gasteiger partial charge on any atom is 0.263 e. The maximum absolute atomic E-state index is 12.4. The van der Waals surface area contributed by atoms with E-state index in [0.717, 1.165) is 54.9 Å². The summed E-state index contributed by atoms with van der Waals surface area (Å²) in [5.41, 5.74) is 0.749. The molecule has 9 heteroatoms. The molecule has 1 aliphatic heterocycles. The highest BCUT2D eigenvalue weighted by Gasteiger charge is 2.18. The third-order valence-corrected chi connectivity index (χ3v) is 5.05. The molecule has 1 fully saturated rings. The third kappa shape index (κ3) is 5.69. The van der Waals surface area contributed by atoms with E-state index in [1.165, 1.54) is 11.3 Å². The maximum atomic E-state index is 12.4. The lowest BCUT2D eigenvalue weighted by molar-refractivity contribution is 0.0950. The Morgan fingerprint density at radius 1 is 1.32 bits per heavy atom. The second-order valence-electron chi connectivity index (χ2n) is 5.69. The van der Waals surface area contributed by atoms with Crippen molar-refractivity contribution in [3.05, 3.63) is 28.5 Å². The lowest BCUT2D eigenvalue weighted by Crippen LogP contribution is -2.46. The summed E-state index contributed by atoms with van der Waals surface area (Å²) in [4.78, 5) is 19.8. The van der Waals surface area contributed by atoms with E-state index in [9.17, 15) is 4.79 Å². The third-order valence-electron chi connectivity index (χ3n) is 3.88. The van der Waals surface area contributed by atoms with Gasteiger partial charge in [-0.15, -0.1) is 36.2 Å². The smallest absolute Gasteiger partial charge is 0.263 e. The molecule has 2 N–H and O–H groups in total. The minimum Gasteiger partial charge on any atom is -0.459 e. The fraction of sp³-hybridized carbons (Fsp3) is 0.500. The van der Waals surface area contributed by atoms with Gasteiger partial charge in [0.2, 0.25) is 0 Å². The first-order chi connectivity index (χ1) is 11.1. The first kappa shape index (κ1) is 21.9. The molecule has 0 aromatic carbocycles. The molecule has 0 bridgehead atoms. The second kappa shape index (κ2) is 10.1. The number of nitrogens with zero attached hydrogens (tertiary/aromatic N) is 2. The topological polar surface area (TPSA) is 70.4 Å². The molecule has 0 saturated carbocycles. The molecule has 0 spiro atoms. The standard InChI is InChI=1S/C16H22N4O2S.2ClH/c1-11-3-4-13(22-11)16-19-12(2)14(23-16)15(21)18-7-10-20-8-5-17-6-9-20;;/h3-4,17H,5-10H2,1-2H3,(H,18,21);2*1H. The molecule has 1 amide bonds. The van der Waals surface area contributed by atoms with E-state index in [1.807, 2.05) is 26.0 Å². The molecule has 2 aromatic heterocycles. The van der Waals surface area contributed by atoms with Crippen LogP contribution < -0.4 is 10.6 Å². The van der Waals surface area contributed by atoms with Gasteiger partial charge < -0.3 is 15.1 Å². The monoisotopic (exact) mass is 406 g/mol. The van der Waals surface area contributed by atoms with Crippen molar-refractivity contribution < 1.29 is 9.21 Å². The predicted octanol–water partition coefficient (Wildman–Crippen LogP) is 2.50. The molecule has 140 valence electrons. The molecular weight excluding hydrogens is 383 g/mol. The van der Waals surface area contributed by atoms with Gasteiger partial charge in [-0.3, -0.25) is 9.69 Å². The number of carbonyl (C=O) groups excluding carboxylic acids is 1. The molecule has 0 unspecified atom stereocenters. The van der Waals surface area contributed by atoms with Crippen molar-refractivity contribution in [3.8, 4) is 10.8 Å². The number of furan rings is 1. The minimum absolute atomic E-state index is 0. The van der Waals surface area contributed by atoms with Crippen LogP contribution in [0.25, 0.3) is 10.8 Å². The number of thiazole rings is 1. The molecule has 0 aliphatic carbocycles. The number of piperazine rings is 1. The Labute approximate surface area is 164 Å².